The number of nitrogens with one attached hydrogen (secondary N) is 1. The van der Waals surface area contributed by atoms with Gasteiger partial charge in [-0.2, -0.15) is 5.06 Å². The number of hydrogen-bond donors (Lipinski definition) is 6. The molecule has 3 unspecified atom stereocenters. The van der Waals surface area contributed by atoms with Gasteiger partial charge in [-0.15, -0.1) is 0 Å². The molecule has 13 nitrogen and oxygen atoms in total. The molecule has 232 valence electrons. The summed E-state index contributed by atoms with van der Waals surface area (Å²) in [6.45, 7) is 0.0194. The molecule has 0 bridgehead atoms. The number of fused-ring (bicyclic) bond motifs is 3. The lowest BCUT2D eigenvalue weighted by molar-refractivity contribution is -0.153. The minimum atomic E-state index is -2.70. The summed E-state index contributed by atoms with van der Waals surface area (Å²) in [7, 11) is 6.17. The topological polar surface area (TPSA) is 203 Å². The number of rotatable bonds is 7. The summed E-state index contributed by atoms with van der Waals surface area (Å²) >= 11 is 0. The number of carbonyl (C=O) groups is 4. The summed E-state index contributed by atoms with van der Waals surface area (Å²) in [5.41, 5.74) is 4.02. The summed E-state index contributed by atoms with van der Waals surface area (Å²) in [4.78, 5) is 58.1. The number of phenols is 1. The van der Waals surface area contributed by atoms with Crippen molar-refractivity contribution in [2.24, 2.45) is 17.6 Å². The number of aromatic hydroxyl groups is 1. The standard InChI is InChI=1S/C31H34N4O9/c1-34(2)25-19-12-15-11-18-17(14-5-7-16(8-6-14)33-21(37)13-35(3)44-4)9-10-20(36)23(18)26(38)22(15)28(40)31(19,43)29(41)24(27(25)39)30(32)42/h5-10,15,19,25,36,38,41,43H,11-13H2,1-4H3,(H2,32,42)(H,33,37)/t15?,19?,25-,31?/m1/s1. The molecule has 5 rings (SSSR count). The highest BCUT2D eigenvalue weighted by Crippen LogP contribution is 2.53. The Morgan fingerprint density at radius 2 is 1.73 bits per heavy atom. The van der Waals surface area contributed by atoms with Crippen LogP contribution < -0.4 is 11.1 Å². The minimum absolute atomic E-state index is 0.00114. The van der Waals surface area contributed by atoms with E-state index in [1.165, 1.54) is 23.1 Å². The lowest BCUT2D eigenvalue weighted by Gasteiger charge is -2.50. The molecule has 0 saturated heterocycles. The highest BCUT2D eigenvalue weighted by Gasteiger charge is 2.64. The van der Waals surface area contributed by atoms with E-state index >= 15 is 0 Å². The number of Topliss-reactive ketones (excluding diaryl/α,β-unsaturated/α-hetero) is 2. The van der Waals surface area contributed by atoms with Crippen LogP contribution in [0.3, 0.4) is 0 Å². The molecular weight excluding hydrogens is 572 g/mol. The Balaban J connectivity index is 1.58. The largest absolute Gasteiger partial charge is 0.508 e. The van der Waals surface area contributed by atoms with Gasteiger partial charge < -0.3 is 36.3 Å². The average molecular weight is 607 g/mol. The number of benzene rings is 2. The van der Waals surface area contributed by atoms with Crippen LogP contribution in [0.25, 0.3) is 16.9 Å². The van der Waals surface area contributed by atoms with Crippen LogP contribution in [0, 0.1) is 11.8 Å². The molecule has 0 heterocycles. The molecule has 0 radical (unpaired) electrons. The first-order valence-corrected chi connectivity index (χ1v) is 13.9. The Kier molecular flexibility index (Phi) is 7.84. The van der Waals surface area contributed by atoms with E-state index in [0.29, 0.717) is 22.4 Å². The molecule has 4 atom stereocenters. The third-order valence-corrected chi connectivity index (χ3v) is 8.76. The Morgan fingerprint density at radius 3 is 2.32 bits per heavy atom. The number of carbonyl (C=O) groups excluding carboxylic acids is 4. The van der Waals surface area contributed by atoms with Crippen molar-refractivity contribution in [2.45, 2.75) is 24.5 Å². The highest BCUT2D eigenvalue weighted by atomic mass is 16.7. The van der Waals surface area contributed by atoms with E-state index in [1.807, 2.05) is 0 Å². The monoisotopic (exact) mass is 606 g/mol. The molecule has 7 N–H and O–H groups in total. The number of nitrogens with two attached hydrogens (primary N) is 1. The molecule has 0 aromatic heterocycles. The first-order chi connectivity index (χ1) is 20.7. The van der Waals surface area contributed by atoms with E-state index < -0.39 is 58.0 Å². The normalized spacial score (nSPS) is 24.8. The average Bonchev–Trinajstić information content (AvgIpc) is 2.95. The van der Waals surface area contributed by atoms with Crippen LogP contribution in [0.5, 0.6) is 5.75 Å². The lowest BCUT2D eigenvalue weighted by Crippen LogP contribution is -2.65. The quantitative estimate of drug-likeness (QED) is 0.194. The number of phenolic OH excluding ortho intramolecular Hbond substituents is 1. The van der Waals surface area contributed by atoms with Gasteiger partial charge in [-0.1, -0.05) is 18.2 Å². The number of primary amides is 1. The zero-order valence-electron chi connectivity index (χ0n) is 24.6. The zero-order chi connectivity index (χ0) is 32.2. The molecule has 2 amide bonds. The molecule has 3 aliphatic carbocycles. The molecule has 1 fully saturated rings. The molecule has 1 saturated carbocycles. The maximum atomic E-state index is 14.0. The minimum Gasteiger partial charge on any atom is -0.508 e. The van der Waals surface area contributed by atoms with Crippen LogP contribution in [-0.4, -0.2) is 100 Å². The third-order valence-electron chi connectivity index (χ3n) is 8.76. The maximum Gasteiger partial charge on any atom is 0.255 e. The second-order valence-electron chi connectivity index (χ2n) is 11.5. The Labute approximate surface area is 252 Å². The molecule has 2 aromatic carbocycles. The van der Waals surface area contributed by atoms with E-state index in [2.05, 4.69) is 5.32 Å². The van der Waals surface area contributed by atoms with Crippen molar-refractivity contribution < 1.29 is 44.4 Å². The van der Waals surface area contributed by atoms with Crippen LogP contribution in [0.1, 0.15) is 17.5 Å². The zero-order valence-corrected chi connectivity index (χ0v) is 24.6. The van der Waals surface area contributed by atoms with Gasteiger partial charge in [0.05, 0.1) is 18.7 Å². The summed E-state index contributed by atoms with van der Waals surface area (Å²) < 4.78 is 0. The molecular formula is C31H34N4O9. The summed E-state index contributed by atoms with van der Waals surface area (Å²) in [5, 5.41) is 49.1. The van der Waals surface area contributed by atoms with Crippen LogP contribution in [-0.2, 0) is 30.4 Å². The first kappa shape index (κ1) is 30.9. The fraction of sp³-hybridized carbons (Fsp3) is 0.355. The van der Waals surface area contributed by atoms with Gasteiger partial charge >= 0.3 is 0 Å². The smallest absolute Gasteiger partial charge is 0.255 e. The number of aliphatic hydroxyl groups excluding tert-OH is 2. The first-order valence-electron chi connectivity index (χ1n) is 13.9. The number of hydroxylamine groups is 2. The Hall–Kier alpha value is -4.56. The predicted molar refractivity (Wildman–Crippen MR) is 158 cm³/mol. The van der Waals surface area contributed by atoms with Crippen LogP contribution in [0.4, 0.5) is 5.69 Å². The second-order valence-corrected chi connectivity index (χ2v) is 11.5. The van der Waals surface area contributed by atoms with E-state index in [0.717, 1.165) is 0 Å². The van der Waals surface area contributed by atoms with Crippen molar-refractivity contribution in [1.29, 1.82) is 0 Å². The van der Waals surface area contributed by atoms with Gasteiger partial charge in [-0.05, 0) is 67.7 Å². The maximum absolute atomic E-state index is 14.0. The van der Waals surface area contributed by atoms with Crippen molar-refractivity contribution in [3.8, 4) is 16.9 Å². The molecule has 0 aliphatic heterocycles. The number of amides is 2. The molecule has 2 aromatic rings. The van der Waals surface area contributed by atoms with Crippen LogP contribution in [0.15, 0.2) is 53.3 Å². The van der Waals surface area contributed by atoms with Crippen molar-refractivity contribution in [3.05, 3.63) is 64.4 Å². The molecule has 44 heavy (non-hydrogen) atoms. The van der Waals surface area contributed by atoms with Crippen LogP contribution >= 0.6 is 0 Å². The van der Waals surface area contributed by atoms with Gasteiger partial charge in [0.2, 0.25) is 11.7 Å². The van der Waals surface area contributed by atoms with Crippen LogP contribution in [0.2, 0.25) is 0 Å². The molecule has 0 spiro atoms. The lowest BCUT2D eigenvalue weighted by atomic mass is 9.57. The summed E-state index contributed by atoms with van der Waals surface area (Å²) in [6.07, 6.45) is 0.141. The fourth-order valence-electron chi connectivity index (χ4n) is 6.71. The molecule has 3 aliphatic rings. The third kappa shape index (κ3) is 4.74. The van der Waals surface area contributed by atoms with Crippen molar-refractivity contribution >= 4 is 34.8 Å². The number of ketones is 2. The number of anilines is 1. The van der Waals surface area contributed by atoms with Gasteiger partial charge in [-0.3, -0.25) is 24.1 Å². The van der Waals surface area contributed by atoms with E-state index in [-0.39, 0.29) is 42.2 Å². The second kappa shape index (κ2) is 11.2. The molecule has 13 heteroatoms. The van der Waals surface area contributed by atoms with Gasteiger partial charge in [0.1, 0.15) is 29.4 Å². The van der Waals surface area contributed by atoms with E-state index in [1.54, 1.807) is 51.5 Å². The van der Waals surface area contributed by atoms with Crippen molar-refractivity contribution in [1.82, 2.24) is 9.96 Å². The van der Waals surface area contributed by atoms with Gasteiger partial charge in [0.25, 0.3) is 5.91 Å². The summed E-state index contributed by atoms with van der Waals surface area (Å²) in [6, 6.07) is 8.81. The summed E-state index contributed by atoms with van der Waals surface area (Å²) in [5.74, 6) is -7.31. The predicted octanol–water partition coefficient (Wildman–Crippen LogP) is 1.06. The number of nitrogens with zero attached hydrogens (tertiary/aromatic N) is 2. The van der Waals surface area contributed by atoms with Gasteiger partial charge in [-0.25, -0.2) is 0 Å². The van der Waals surface area contributed by atoms with Gasteiger partial charge in [0.15, 0.2) is 11.4 Å². The fourth-order valence-corrected chi connectivity index (χ4v) is 6.71. The SMILES string of the molecule is CON(C)CC(=O)Nc1ccc(-c2ccc(O)c3c2CC2CC4[C@@H](N(C)C)C(=O)C(C(N)=O)=C(O)C4(O)C(=O)C2=C3O)cc1. The number of hydrogen-bond acceptors (Lipinski definition) is 11. The van der Waals surface area contributed by atoms with E-state index in [9.17, 15) is 39.6 Å². The Bertz CT molecular complexity index is 1650. The Morgan fingerprint density at radius 1 is 1.07 bits per heavy atom. The van der Waals surface area contributed by atoms with E-state index in [4.69, 9.17) is 10.6 Å². The van der Waals surface area contributed by atoms with Gasteiger partial charge in [0, 0.05) is 24.2 Å². The highest BCUT2D eigenvalue weighted by molar-refractivity contribution is 6.24. The number of likely N-dealkylation sites (N-methyl/N-ethyl adjacent to an activating group) is 2. The number of aliphatic hydroxyl groups is 3. The van der Waals surface area contributed by atoms with Crippen molar-refractivity contribution in [2.75, 3.05) is 40.1 Å². The van der Waals surface area contributed by atoms with Crippen molar-refractivity contribution in [3.63, 3.8) is 0 Å².